The van der Waals surface area contributed by atoms with Crippen molar-refractivity contribution in [1.82, 2.24) is 19.8 Å². The molecule has 14 heavy (non-hydrogen) atoms. The number of hydrogen-bond donors (Lipinski definition) is 1. The predicted octanol–water partition coefficient (Wildman–Crippen LogP) is 0.667. The maximum atomic E-state index is 5.77. The van der Waals surface area contributed by atoms with E-state index >= 15 is 0 Å². The average molecular weight is 212 g/mol. The molecule has 0 aromatic carbocycles. The Morgan fingerprint density at radius 3 is 3.00 bits per heavy atom. The van der Waals surface area contributed by atoms with Gasteiger partial charge < -0.3 is 5.73 Å². The second-order valence-corrected chi connectivity index (χ2v) is 3.61. The van der Waals surface area contributed by atoms with E-state index < -0.39 is 0 Å². The number of rotatable bonds is 2. The van der Waals surface area contributed by atoms with Gasteiger partial charge in [0.05, 0.1) is 0 Å². The highest BCUT2D eigenvalue weighted by Crippen LogP contribution is 2.07. The second-order valence-electron chi connectivity index (χ2n) is 3.22. The van der Waals surface area contributed by atoms with Gasteiger partial charge in [-0.2, -0.15) is 9.61 Å². The summed E-state index contributed by atoms with van der Waals surface area (Å²) in [6.45, 7) is 1.91. The Kier molecular flexibility index (Phi) is 2.35. The molecule has 2 aromatic rings. The first-order valence-electron chi connectivity index (χ1n) is 4.29. The maximum absolute atomic E-state index is 5.77. The minimum atomic E-state index is 0.0307. The van der Waals surface area contributed by atoms with Crippen LogP contribution < -0.4 is 5.73 Å². The van der Waals surface area contributed by atoms with E-state index in [4.69, 9.17) is 17.3 Å². The van der Waals surface area contributed by atoms with Gasteiger partial charge in [-0.05, 0) is 19.1 Å². The molecule has 2 aromatic heterocycles. The summed E-state index contributed by atoms with van der Waals surface area (Å²) in [5.74, 6) is 0.734. The fraction of sp³-hybridized carbons (Fsp3) is 0.375. The van der Waals surface area contributed by atoms with Crippen molar-refractivity contribution < 1.29 is 0 Å². The molecule has 0 bridgehead atoms. The summed E-state index contributed by atoms with van der Waals surface area (Å²) in [7, 11) is 0. The van der Waals surface area contributed by atoms with Crippen LogP contribution in [-0.2, 0) is 6.42 Å². The van der Waals surface area contributed by atoms with Gasteiger partial charge in [0.1, 0.15) is 5.15 Å². The number of hydrogen-bond acceptors (Lipinski definition) is 4. The summed E-state index contributed by atoms with van der Waals surface area (Å²) in [5.41, 5.74) is 6.36. The normalized spacial score (nSPS) is 13.4. The van der Waals surface area contributed by atoms with E-state index in [9.17, 15) is 0 Å². The third kappa shape index (κ3) is 1.69. The molecule has 2 rings (SSSR count). The zero-order chi connectivity index (χ0) is 10.1. The van der Waals surface area contributed by atoms with Gasteiger partial charge in [-0.15, -0.1) is 10.2 Å². The first kappa shape index (κ1) is 9.36. The highest BCUT2D eigenvalue weighted by Gasteiger charge is 2.08. The number of nitrogens with zero attached hydrogens (tertiary/aromatic N) is 4. The molecule has 0 aliphatic rings. The fourth-order valence-electron chi connectivity index (χ4n) is 1.23. The third-order valence-electron chi connectivity index (χ3n) is 1.80. The Morgan fingerprint density at radius 1 is 1.50 bits per heavy atom. The van der Waals surface area contributed by atoms with Crippen molar-refractivity contribution in [1.29, 1.82) is 0 Å². The molecule has 0 radical (unpaired) electrons. The summed E-state index contributed by atoms with van der Waals surface area (Å²) >= 11 is 5.77. The van der Waals surface area contributed by atoms with E-state index in [0.29, 0.717) is 17.2 Å². The molecule has 0 spiro atoms. The maximum Gasteiger partial charge on any atom is 0.178 e. The van der Waals surface area contributed by atoms with Gasteiger partial charge in [-0.1, -0.05) is 11.6 Å². The Bertz CT molecular complexity index is 450. The first-order chi connectivity index (χ1) is 6.66. The van der Waals surface area contributed by atoms with Gasteiger partial charge in [-0.25, -0.2) is 0 Å². The van der Waals surface area contributed by atoms with Crippen LogP contribution in [0.1, 0.15) is 12.7 Å². The minimum Gasteiger partial charge on any atom is -0.328 e. The van der Waals surface area contributed by atoms with Gasteiger partial charge >= 0.3 is 0 Å². The van der Waals surface area contributed by atoms with Crippen molar-refractivity contribution in [2.45, 2.75) is 19.4 Å². The monoisotopic (exact) mass is 211 g/mol. The molecular formula is C8H10ClN5. The van der Waals surface area contributed by atoms with Gasteiger partial charge in [0.2, 0.25) is 0 Å². The van der Waals surface area contributed by atoms with Gasteiger partial charge in [0.25, 0.3) is 0 Å². The molecule has 0 aliphatic carbocycles. The number of aromatic nitrogens is 4. The Balaban J connectivity index is 2.50. The van der Waals surface area contributed by atoms with Crippen molar-refractivity contribution in [2.75, 3.05) is 0 Å². The number of nitrogens with two attached hydrogens (primary N) is 1. The van der Waals surface area contributed by atoms with E-state index in [1.54, 1.807) is 16.6 Å². The minimum absolute atomic E-state index is 0.0307. The Morgan fingerprint density at radius 2 is 2.29 bits per heavy atom. The van der Waals surface area contributed by atoms with Crippen molar-refractivity contribution in [2.24, 2.45) is 5.73 Å². The second kappa shape index (κ2) is 3.51. The number of fused-ring (bicyclic) bond motifs is 1. The van der Waals surface area contributed by atoms with Crippen LogP contribution >= 0.6 is 11.6 Å². The molecule has 2 heterocycles. The largest absolute Gasteiger partial charge is 0.328 e. The van der Waals surface area contributed by atoms with Crippen molar-refractivity contribution in [3.05, 3.63) is 23.1 Å². The molecule has 2 N–H and O–H groups in total. The predicted molar refractivity (Wildman–Crippen MR) is 53.1 cm³/mol. The zero-order valence-electron chi connectivity index (χ0n) is 7.68. The number of halogens is 1. The van der Waals surface area contributed by atoms with E-state index in [1.165, 1.54) is 0 Å². The zero-order valence-corrected chi connectivity index (χ0v) is 8.44. The highest BCUT2D eigenvalue weighted by molar-refractivity contribution is 6.29. The van der Waals surface area contributed by atoms with Crippen LogP contribution in [0.15, 0.2) is 12.1 Å². The SMILES string of the molecule is CC(N)Cc1nnc2ccc(Cl)nn12. The lowest BCUT2D eigenvalue weighted by molar-refractivity contribution is 0.677. The average Bonchev–Trinajstić information content (AvgIpc) is 2.47. The lowest BCUT2D eigenvalue weighted by atomic mass is 10.2. The lowest BCUT2D eigenvalue weighted by Crippen LogP contribution is -2.19. The lowest BCUT2D eigenvalue weighted by Gasteiger charge is -2.01. The molecule has 5 nitrogen and oxygen atoms in total. The molecular weight excluding hydrogens is 202 g/mol. The summed E-state index contributed by atoms with van der Waals surface area (Å²) in [5, 5.41) is 12.4. The van der Waals surface area contributed by atoms with E-state index in [-0.39, 0.29) is 6.04 Å². The van der Waals surface area contributed by atoms with Crippen molar-refractivity contribution >= 4 is 17.2 Å². The smallest absolute Gasteiger partial charge is 0.178 e. The van der Waals surface area contributed by atoms with E-state index in [1.807, 2.05) is 6.92 Å². The van der Waals surface area contributed by atoms with Crippen molar-refractivity contribution in [3.8, 4) is 0 Å². The molecule has 0 fully saturated rings. The fourth-order valence-corrected chi connectivity index (χ4v) is 1.36. The molecule has 1 atom stereocenters. The summed E-state index contributed by atoms with van der Waals surface area (Å²) in [4.78, 5) is 0. The van der Waals surface area contributed by atoms with Crippen LogP contribution in [0.2, 0.25) is 5.15 Å². The molecule has 0 amide bonds. The molecule has 74 valence electrons. The Hall–Kier alpha value is -1.20. The third-order valence-corrected chi connectivity index (χ3v) is 2.00. The van der Waals surface area contributed by atoms with Crippen LogP contribution in [0.3, 0.4) is 0 Å². The van der Waals surface area contributed by atoms with Crippen LogP contribution in [0, 0.1) is 0 Å². The highest BCUT2D eigenvalue weighted by atomic mass is 35.5. The van der Waals surface area contributed by atoms with Crippen LogP contribution in [0.25, 0.3) is 5.65 Å². The van der Waals surface area contributed by atoms with Gasteiger partial charge in [-0.3, -0.25) is 0 Å². The topological polar surface area (TPSA) is 69.1 Å². The van der Waals surface area contributed by atoms with Crippen molar-refractivity contribution in [3.63, 3.8) is 0 Å². The van der Waals surface area contributed by atoms with E-state index in [0.717, 1.165) is 5.82 Å². The molecule has 6 heteroatoms. The molecule has 0 saturated heterocycles. The summed E-state index contributed by atoms with van der Waals surface area (Å²) in [6, 6.07) is 3.48. The quantitative estimate of drug-likeness (QED) is 0.793. The van der Waals surface area contributed by atoms with Gasteiger partial charge in [0, 0.05) is 12.5 Å². The van der Waals surface area contributed by atoms with Crippen LogP contribution in [0.5, 0.6) is 0 Å². The molecule has 0 saturated carbocycles. The van der Waals surface area contributed by atoms with Gasteiger partial charge in [0.15, 0.2) is 11.5 Å². The van der Waals surface area contributed by atoms with Crippen LogP contribution in [-0.4, -0.2) is 25.9 Å². The summed E-state index contributed by atoms with van der Waals surface area (Å²) < 4.78 is 1.62. The summed E-state index contributed by atoms with van der Waals surface area (Å²) in [6.07, 6.45) is 0.633. The first-order valence-corrected chi connectivity index (χ1v) is 4.67. The Labute approximate surface area is 85.9 Å². The molecule has 0 aliphatic heterocycles. The standard InChI is InChI=1S/C8H10ClN5/c1-5(10)4-8-12-11-7-3-2-6(9)13-14(7)8/h2-3,5H,4,10H2,1H3. The molecule has 1 unspecified atom stereocenters. The van der Waals surface area contributed by atoms with E-state index in [2.05, 4.69) is 15.3 Å². The van der Waals surface area contributed by atoms with Crippen LogP contribution in [0.4, 0.5) is 0 Å².